The van der Waals surface area contributed by atoms with Gasteiger partial charge in [0.25, 0.3) is 0 Å². The van der Waals surface area contributed by atoms with Gasteiger partial charge in [0.1, 0.15) is 11.5 Å². The summed E-state index contributed by atoms with van der Waals surface area (Å²) >= 11 is 1.91. The first-order chi connectivity index (χ1) is 12.2. The highest BCUT2D eigenvalue weighted by atomic mass is 32.2. The third kappa shape index (κ3) is 5.73. The largest absolute Gasteiger partial charge is 0.497 e. The van der Waals surface area contributed by atoms with Crippen LogP contribution in [0.2, 0.25) is 0 Å². The molecule has 0 saturated carbocycles. The maximum Gasteiger partial charge on any atom is 0.193 e. The molecule has 0 aliphatic carbocycles. The van der Waals surface area contributed by atoms with Crippen molar-refractivity contribution in [2.75, 3.05) is 52.9 Å². The Morgan fingerprint density at radius 2 is 1.96 bits per heavy atom. The predicted molar refractivity (Wildman–Crippen MR) is 107 cm³/mol. The zero-order valence-corrected chi connectivity index (χ0v) is 16.7. The Hall–Kier alpha value is -1.56. The molecule has 1 aliphatic rings. The van der Waals surface area contributed by atoms with Gasteiger partial charge in [-0.25, -0.2) is 0 Å². The van der Waals surface area contributed by atoms with Crippen LogP contribution in [-0.2, 0) is 0 Å². The lowest BCUT2D eigenvalue weighted by atomic mass is 9.98. The van der Waals surface area contributed by atoms with Crippen molar-refractivity contribution in [3.8, 4) is 11.5 Å². The lowest BCUT2D eigenvalue weighted by Gasteiger charge is -2.22. The molecule has 0 spiro atoms. The summed E-state index contributed by atoms with van der Waals surface area (Å²) in [6, 6.07) is 6.16. The van der Waals surface area contributed by atoms with Crippen LogP contribution in [0.1, 0.15) is 30.7 Å². The topological polar surface area (TPSA) is 46.1 Å². The van der Waals surface area contributed by atoms with Gasteiger partial charge in [0.05, 0.1) is 14.2 Å². The molecule has 1 aliphatic heterocycles. The quantitative estimate of drug-likeness (QED) is 0.435. The van der Waals surface area contributed by atoms with E-state index in [4.69, 9.17) is 9.47 Å². The summed E-state index contributed by atoms with van der Waals surface area (Å²) < 4.78 is 10.8. The highest BCUT2D eigenvalue weighted by Crippen LogP contribution is 2.32. The number of hydrogen-bond acceptors (Lipinski definition) is 4. The number of methoxy groups -OCH3 is 2. The fraction of sp³-hybridized carbons (Fsp3) is 0.632. The van der Waals surface area contributed by atoms with Gasteiger partial charge in [-0.05, 0) is 49.0 Å². The number of nitrogens with zero attached hydrogens (tertiary/aromatic N) is 2. The van der Waals surface area contributed by atoms with Crippen LogP contribution >= 0.6 is 11.8 Å². The molecule has 0 amide bonds. The third-order valence-corrected chi connectivity index (χ3v) is 5.30. The second-order valence-corrected chi connectivity index (χ2v) is 7.24. The van der Waals surface area contributed by atoms with E-state index in [1.165, 1.54) is 24.2 Å². The van der Waals surface area contributed by atoms with E-state index in [1.807, 2.05) is 24.9 Å². The van der Waals surface area contributed by atoms with Crippen molar-refractivity contribution in [2.45, 2.75) is 25.2 Å². The molecular formula is C19H31N3O2S. The lowest BCUT2D eigenvalue weighted by Crippen LogP contribution is -2.40. The number of unbranched alkanes of at least 4 members (excludes halogenated alkanes) is 1. The van der Waals surface area contributed by atoms with Crippen LogP contribution in [-0.4, -0.2) is 63.8 Å². The number of benzene rings is 1. The number of guanidine groups is 1. The van der Waals surface area contributed by atoms with E-state index in [-0.39, 0.29) is 0 Å². The van der Waals surface area contributed by atoms with Gasteiger partial charge in [-0.3, -0.25) is 4.99 Å². The van der Waals surface area contributed by atoms with Gasteiger partial charge >= 0.3 is 0 Å². The second-order valence-electron chi connectivity index (χ2n) is 6.25. The molecule has 0 aromatic heterocycles. The molecule has 6 heteroatoms. The zero-order valence-electron chi connectivity index (χ0n) is 15.9. The SMILES string of the molecule is CN=C(NCCCCSC)N1CCC(c2cc(OC)cc(OC)c2)C1. The van der Waals surface area contributed by atoms with E-state index in [1.54, 1.807) is 14.2 Å². The smallest absolute Gasteiger partial charge is 0.193 e. The molecule has 1 unspecified atom stereocenters. The van der Waals surface area contributed by atoms with Gasteiger partial charge in [0, 0.05) is 38.7 Å². The Balaban J connectivity index is 1.93. The average molecular weight is 366 g/mol. The fourth-order valence-corrected chi connectivity index (χ4v) is 3.69. The van der Waals surface area contributed by atoms with E-state index in [9.17, 15) is 0 Å². The van der Waals surface area contributed by atoms with Gasteiger partial charge in [-0.15, -0.1) is 0 Å². The zero-order chi connectivity index (χ0) is 18.1. The minimum Gasteiger partial charge on any atom is -0.497 e. The van der Waals surface area contributed by atoms with Crippen molar-refractivity contribution in [2.24, 2.45) is 4.99 Å². The normalized spacial score (nSPS) is 17.7. The van der Waals surface area contributed by atoms with Gasteiger partial charge < -0.3 is 19.7 Å². The van der Waals surface area contributed by atoms with Crippen LogP contribution in [0.5, 0.6) is 11.5 Å². The highest BCUT2D eigenvalue weighted by molar-refractivity contribution is 7.98. The van der Waals surface area contributed by atoms with E-state index in [0.29, 0.717) is 5.92 Å². The van der Waals surface area contributed by atoms with E-state index >= 15 is 0 Å². The molecule has 5 nitrogen and oxygen atoms in total. The molecule has 2 rings (SSSR count). The molecule has 1 fully saturated rings. The summed E-state index contributed by atoms with van der Waals surface area (Å²) in [4.78, 5) is 6.81. The number of hydrogen-bond donors (Lipinski definition) is 1. The standard InChI is InChI=1S/C19H31N3O2S/c1-20-19(21-8-5-6-10-25-4)22-9-7-15(14-22)16-11-17(23-2)13-18(12-16)24-3/h11-13,15H,5-10,14H2,1-4H3,(H,20,21). The van der Waals surface area contributed by atoms with Crippen molar-refractivity contribution < 1.29 is 9.47 Å². The molecule has 140 valence electrons. The van der Waals surface area contributed by atoms with Gasteiger partial charge in [-0.1, -0.05) is 0 Å². The molecule has 1 atom stereocenters. The summed E-state index contributed by atoms with van der Waals surface area (Å²) in [7, 11) is 5.26. The molecule has 0 radical (unpaired) electrons. The van der Waals surface area contributed by atoms with Crippen LogP contribution in [0.4, 0.5) is 0 Å². The van der Waals surface area contributed by atoms with Crippen LogP contribution in [0.25, 0.3) is 0 Å². The number of thioether (sulfide) groups is 1. The van der Waals surface area contributed by atoms with Crippen molar-refractivity contribution in [1.82, 2.24) is 10.2 Å². The number of nitrogens with one attached hydrogen (secondary N) is 1. The Bertz CT molecular complexity index is 543. The van der Waals surface area contributed by atoms with Crippen LogP contribution in [0.3, 0.4) is 0 Å². The third-order valence-electron chi connectivity index (χ3n) is 4.60. The van der Waals surface area contributed by atoms with Crippen LogP contribution < -0.4 is 14.8 Å². The first-order valence-corrected chi connectivity index (χ1v) is 10.3. The van der Waals surface area contributed by atoms with Gasteiger partial charge in [0.2, 0.25) is 0 Å². The Morgan fingerprint density at radius 3 is 2.56 bits per heavy atom. The predicted octanol–water partition coefficient (Wildman–Crippen LogP) is 3.21. The van der Waals surface area contributed by atoms with Gasteiger partial charge in [-0.2, -0.15) is 11.8 Å². The molecular weight excluding hydrogens is 334 g/mol. The summed E-state index contributed by atoms with van der Waals surface area (Å²) in [6.45, 7) is 2.98. The van der Waals surface area contributed by atoms with Crippen molar-refractivity contribution >= 4 is 17.7 Å². The molecule has 0 bridgehead atoms. The number of likely N-dealkylation sites (tertiary alicyclic amines) is 1. The molecule has 1 N–H and O–H groups in total. The summed E-state index contributed by atoms with van der Waals surface area (Å²) in [5.41, 5.74) is 1.27. The van der Waals surface area contributed by atoms with E-state index < -0.39 is 0 Å². The first kappa shape index (κ1) is 19.8. The minimum absolute atomic E-state index is 0.471. The van der Waals surface area contributed by atoms with Gasteiger partial charge in [0.15, 0.2) is 5.96 Å². The summed E-state index contributed by atoms with van der Waals surface area (Å²) in [6.07, 6.45) is 5.70. The maximum atomic E-state index is 5.41. The second kappa shape index (κ2) is 10.4. The number of ether oxygens (including phenoxy) is 2. The maximum absolute atomic E-state index is 5.41. The van der Waals surface area contributed by atoms with Crippen molar-refractivity contribution in [3.63, 3.8) is 0 Å². The average Bonchev–Trinajstić information content (AvgIpc) is 3.14. The van der Waals surface area contributed by atoms with Crippen LogP contribution in [0, 0.1) is 0 Å². The molecule has 1 aromatic carbocycles. The first-order valence-electron chi connectivity index (χ1n) is 8.89. The summed E-state index contributed by atoms with van der Waals surface area (Å²) in [5.74, 6) is 4.41. The monoisotopic (exact) mass is 365 g/mol. The number of rotatable bonds is 8. The molecule has 25 heavy (non-hydrogen) atoms. The fourth-order valence-electron chi connectivity index (χ4n) is 3.19. The Morgan fingerprint density at radius 1 is 1.24 bits per heavy atom. The van der Waals surface area contributed by atoms with E-state index in [0.717, 1.165) is 43.5 Å². The van der Waals surface area contributed by atoms with E-state index in [2.05, 4.69) is 33.6 Å². The van der Waals surface area contributed by atoms with Crippen molar-refractivity contribution in [3.05, 3.63) is 23.8 Å². The number of aliphatic imine (C=N–C) groups is 1. The molecule has 1 aromatic rings. The summed E-state index contributed by atoms with van der Waals surface area (Å²) in [5, 5.41) is 3.50. The Kier molecular flexibility index (Phi) is 8.25. The van der Waals surface area contributed by atoms with Crippen LogP contribution in [0.15, 0.2) is 23.2 Å². The Labute approximate surface area is 156 Å². The minimum atomic E-state index is 0.471. The molecule has 1 saturated heterocycles. The molecule has 1 heterocycles. The lowest BCUT2D eigenvalue weighted by molar-refractivity contribution is 0.392. The van der Waals surface area contributed by atoms with Crippen molar-refractivity contribution in [1.29, 1.82) is 0 Å². The highest BCUT2D eigenvalue weighted by Gasteiger charge is 2.26.